The molecule has 0 aliphatic rings. The van der Waals surface area contributed by atoms with Crippen LogP contribution in [-0.4, -0.2) is 11.0 Å². The minimum absolute atomic E-state index is 0. The molecule has 0 fully saturated rings. The highest BCUT2D eigenvalue weighted by atomic mass is 35.5. The van der Waals surface area contributed by atoms with Crippen LogP contribution in [0.1, 0.15) is 5.56 Å². The van der Waals surface area contributed by atoms with Crippen LogP contribution in [0.2, 0.25) is 0 Å². The maximum atomic E-state index is 2.30. The van der Waals surface area contributed by atoms with E-state index in [0.717, 1.165) is 6.16 Å². The third-order valence-corrected chi connectivity index (χ3v) is 9.23. The van der Waals surface area contributed by atoms with Crippen molar-refractivity contribution in [2.75, 3.05) is 0 Å². The van der Waals surface area contributed by atoms with Crippen LogP contribution in [0.4, 0.5) is 0 Å². The highest BCUT2D eigenvalue weighted by molar-refractivity contribution is 7.95. The lowest BCUT2D eigenvalue weighted by Gasteiger charge is -2.27. The van der Waals surface area contributed by atoms with Gasteiger partial charge < -0.3 is 12.4 Å². The first-order valence-electron chi connectivity index (χ1n) is 8.98. The topological polar surface area (TPSA) is 0 Å². The minimum atomic E-state index is -1.78. The fourth-order valence-corrected chi connectivity index (χ4v) is 7.87. The second-order valence-electron chi connectivity index (χ2n) is 6.46. The van der Waals surface area contributed by atoms with Crippen molar-refractivity contribution in [3.63, 3.8) is 0 Å². The summed E-state index contributed by atoms with van der Waals surface area (Å²) in [6, 6.07) is 44.0. The Hall–Kier alpha value is -2.18. The van der Waals surface area contributed by atoms with Gasteiger partial charge in [-0.2, -0.15) is 0 Å². The Morgan fingerprint density at radius 3 is 1.04 bits per heavy atom. The van der Waals surface area contributed by atoms with Crippen molar-refractivity contribution in [3.05, 3.63) is 127 Å². The van der Waals surface area contributed by atoms with Gasteiger partial charge in [0.25, 0.3) is 0 Å². The van der Waals surface area contributed by atoms with E-state index in [1.54, 1.807) is 0 Å². The summed E-state index contributed by atoms with van der Waals surface area (Å²) in [5.74, 6) is 0. The molecule has 138 valence electrons. The molecule has 0 heterocycles. The summed E-state index contributed by atoms with van der Waals surface area (Å²) in [7, 11) is -1.78. The quantitative estimate of drug-likeness (QED) is 0.344. The molecule has 0 aliphatic heterocycles. The van der Waals surface area contributed by atoms with Crippen LogP contribution >= 0.6 is 7.26 Å². The summed E-state index contributed by atoms with van der Waals surface area (Å²) < 4.78 is 0. The van der Waals surface area contributed by atoms with E-state index in [1.807, 2.05) is 0 Å². The summed E-state index contributed by atoms with van der Waals surface area (Å²) in [6.07, 6.45) is 1.03. The molecule has 0 saturated heterocycles. The molecule has 0 aromatic heterocycles. The van der Waals surface area contributed by atoms with E-state index >= 15 is 0 Å². The van der Waals surface area contributed by atoms with Crippen molar-refractivity contribution in [2.45, 2.75) is 6.16 Å². The Bertz CT molecular complexity index is 848. The molecule has 4 radical (unpaired) electrons. The smallest absolute Gasteiger partial charge is 0.116 e. The lowest BCUT2D eigenvalue weighted by molar-refractivity contribution is -0.00000520. The van der Waals surface area contributed by atoms with Crippen LogP contribution < -0.4 is 28.3 Å². The second-order valence-corrected chi connectivity index (χ2v) is 9.95. The van der Waals surface area contributed by atoms with Gasteiger partial charge in [-0.25, -0.2) is 0 Å². The predicted molar refractivity (Wildman–Crippen MR) is 121 cm³/mol. The van der Waals surface area contributed by atoms with E-state index in [4.69, 9.17) is 0 Å². The van der Waals surface area contributed by atoms with E-state index in [2.05, 4.69) is 121 Å². The average Bonchev–Trinajstić information content (AvgIpc) is 2.75. The predicted octanol–water partition coefficient (Wildman–Crippen LogP) is 1.80. The van der Waals surface area contributed by atoms with E-state index in [0.29, 0.717) is 0 Å². The molecule has 0 saturated carbocycles. The molecule has 4 aromatic carbocycles. The fraction of sp³-hybridized carbons (Fsp3) is 0.0400. The molecule has 0 unspecified atom stereocenters. The number of hydrogen-bond acceptors (Lipinski definition) is 0. The van der Waals surface area contributed by atoms with Crippen molar-refractivity contribution in [1.82, 2.24) is 0 Å². The van der Waals surface area contributed by atoms with Gasteiger partial charge in [0, 0.05) is 11.0 Å². The van der Waals surface area contributed by atoms with Crippen LogP contribution in [0.15, 0.2) is 121 Å². The number of rotatable bonds is 5. The summed E-state index contributed by atoms with van der Waals surface area (Å²) in [4.78, 5) is 0. The molecule has 0 aliphatic carbocycles. The van der Waals surface area contributed by atoms with Crippen molar-refractivity contribution < 1.29 is 12.4 Å². The Balaban J connectivity index is 0.00000140. The molecule has 3 heteroatoms. The molecular weight excluding hydrogens is 395 g/mol. The normalized spacial score (nSPS) is 10.4. The SMILES string of the molecule is [Cl-].[Si].c1ccc(C[P+](c2ccccc2)(c2ccccc2)c2ccccc2)cc1. The molecule has 0 amide bonds. The van der Waals surface area contributed by atoms with Gasteiger partial charge in [-0.05, 0) is 42.0 Å². The molecule has 0 N–H and O–H groups in total. The monoisotopic (exact) mass is 416 g/mol. The van der Waals surface area contributed by atoms with Crippen LogP contribution in [0.25, 0.3) is 0 Å². The molecule has 0 spiro atoms. The highest BCUT2D eigenvalue weighted by Gasteiger charge is 2.45. The summed E-state index contributed by atoms with van der Waals surface area (Å²) in [5.41, 5.74) is 1.39. The zero-order chi connectivity index (χ0) is 17.7. The molecule has 28 heavy (non-hydrogen) atoms. The standard InChI is InChI=1S/C25H22P.ClH.Si/c1-5-13-22(14-6-1)21-26(23-15-7-2-8-16-23,24-17-9-3-10-18-24)25-19-11-4-12-20-25;;/h1-20H,21H2;1H;/q+1;;/p-1. The van der Waals surface area contributed by atoms with Gasteiger partial charge in [-0.3, -0.25) is 0 Å². The number of benzene rings is 4. The minimum Gasteiger partial charge on any atom is -1.00 e. The zero-order valence-corrected chi connectivity index (χ0v) is 18.2. The van der Waals surface area contributed by atoms with Gasteiger partial charge in [-0.15, -0.1) is 0 Å². The van der Waals surface area contributed by atoms with E-state index < -0.39 is 7.26 Å². The number of hydrogen-bond donors (Lipinski definition) is 0. The lowest BCUT2D eigenvalue weighted by atomic mass is 10.2. The third kappa shape index (κ3) is 4.44. The Morgan fingerprint density at radius 1 is 0.429 bits per heavy atom. The van der Waals surface area contributed by atoms with E-state index in [1.165, 1.54) is 21.5 Å². The van der Waals surface area contributed by atoms with Gasteiger partial charge in [0.15, 0.2) is 0 Å². The summed E-state index contributed by atoms with van der Waals surface area (Å²) >= 11 is 0. The van der Waals surface area contributed by atoms with Crippen LogP contribution in [-0.2, 0) is 6.16 Å². The van der Waals surface area contributed by atoms with Gasteiger partial charge >= 0.3 is 0 Å². The molecule has 0 nitrogen and oxygen atoms in total. The van der Waals surface area contributed by atoms with Gasteiger partial charge in [0.1, 0.15) is 23.2 Å². The third-order valence-electron chi connectivity index (χ3n) is 4.85. The average molecular weight is 417 g/mol. The maximum Gasteiger partial charge on any atom is 0.116 e. The maximum absolute atomic E-state index is 2.30. The summed E-state index contributed by atoms with van der Waals surface area (Å²) in [5, 5.41) is 4.30. The van der Waals surface area contributed by atoms with E-state index in [-0.39, 0.29) is 23.4 Å². The van der Waals surface area contributed by atoms with Gasteiger partial charge in [0.2, 0.25) is 0 Å². The lowest BCUT2D eigenvalue weighted by Crippen LogP contribution is -3.00. The van der Waals surface area contributed by atoms with Crippen molar-refractivity contribution in [1.29, 1.82) is 0 Å². The first-order chi connectivity index (χ1) is 12.9. The van der Waals surface area contributed by atoms with Crippen molar-refractivity contribution in [3.8, 4) is 0 Å². The zero-order valence-electron chi connectivity index (χ0n) is 15.6. The Kier molecular flexibility index (Phi) is 8.20. The fourth-order valence-electron chi connectivity index (χ4n) is 3.63. The van der Waals surface area contributed by atoms with Crippen LogP contribution in [0.3, 0.4) is 0 Å². The first-order valence-corrected chi connectivity index (χ1v) is 11.0. The van der Waals surface area contributed by atoms with Crippen molar-refractivity contribution >= 4 is 34.1 Å². The first kappa shape index (κ1) is 22.1. The summed E-state index contributed by atoms with van der Waals surface area (Å²) in [6.45, 7) is 0. The molecule has 4 rings (SSSR count). The molecular formula is C25H22ClPSi. The highest BCUT2D eigenvalue weighted by Crippen LogP contribution is 2.58. The van der Waals surface area contributed by atoms with Gasteiger partial charge in [-0.1, -0.05) is 84.9 Å². The Labute approximate surface area is 179 Å². The molecule has 0 bridgehead atoms. The van der Waals surface area contributed by atoms with Crippen molar-refractivity contribution in [2.24, 2.45) is 0 Å². The second kappa shape index (κ2) is 10.4. The number of halogens is 1. The molecule has 0 atom stereocenters. The van der Waals surface area contributed by atoms with Crippen LogP contribution in [0, 0.1) is 0 Å². The van der Waals surface area contributed by atoms with Gasteiger partial charge in [0.05, 0.1) is 6.16 Å². The molecule has 4 aromatic rings. The van der Waals surface area contributed by atoms with Crippen LogP contribution in [0.5, 0.6) is 0 Å². The van der Waals surface area contributed by atoms with E-state index in [9.17, 15) is 0 Å². The largest absolute Gasteiger partial charge is 1.00 e. The Morgan fingerprint density at radius 2 is 0.714 bits per heavy atom.